The van der Waals surface area contributed by atoms with Gasteiger partial charge in [0.1, 0.15) is 12.4 Å². The van der Waals surface area contributed by atoms with E-state index in [1.165, 1.54) is 0 Å². The zero-order valence-corrected chi connectivity index (χ0v) is 15.3. The summed E-state index contributed by atoms with van der Waals surface area (Å²) >= 11 is 0. The Morgan fingerprint density at radius 3 is 2.44 bits per heavy atom. The number of hydrogen-bond donors (Lipinski definition) is 0. The monoisotopic (exact) mass is 343 g/mol. The van der Waals surface area contributed by atoms with Crippen LogP contribution in [0.5, 0.6) is 0 Å². The summed E-state index contributed by atoms with van der Waals surface area (Å²) in [6, 6.07) is 8.76. The molecule has 0 spiro atoms. The third-order valence-corrected chi connectivity index (χ3v) is 3.99. The first-order valence-electron chi connectivity index (χ1n) is 8.60. The number of allylic oxidation sites excluding steroid dienone is 2. The molecule has 134 valence electrons. The number of carbonyl (C=O) groups excluding carboxylic acids is 2. The summed E-state index contributed by atoms with van der Waals surface area (Å²) in [5.74, 6) is -0.145. The number of ketones is 1. The van der Waals surface area contributed by atoms with Gasteiger partial charge >= 0.3 is 5.97 Å². The minimum absolute atomic E-state index is 0.0626. The minimum Gasteiger partial charge on any atom is -0.427 e. The Kier molecular flexibility index (Phi) is 6.12. The molecule has 25 heavy (non-hydrogen) atoms. The van der Waals surface area contributed by atoms with Crippen molar-refractivity contribution in [3.05, 3.63) is 47.2 Å². The maximum Gasteiger partial charge on any atom is 0.343 e. The first-order chi connectivity index (χ1) is 11.9. The molecule has 0 amide bonds. The van der Waals surface area contributed by atoms with Crippen LogP contribution in [-0.4, -0.2) is 24.1 Å². The third kappa shape index (κ3) is 4.78. The molecule has 1 aliphatic rings. The van der Waals surface area contributed by atoms with Crippen molar-refractivity contribution >= 4 is 17.5 Å². The zero-order chi connectivity index (χ0) is 18.4. The van der Waals surface area contributed by atoms with Gasteiger partial charge < -0.3 is 9.57 Å². The van der Waals surface area contributed by atoms with Crippen LogP contribution in [0.3, 0.4) is 0 Å². The lowest BCUT2D eigenvalue weighted by Crippen LogP contribution is -2.31. The van der Waals surface area contributed by atoms with Crippen LogP contribution in [0.15, 0.2) is 46.8 Å². The molecule has 1 aromatic carbocycles. The number of Topliss-reactive ketones (excluding diaryl/α,β-unsaturated/α-hetero) is 1. The van der Waals surface area contributed by atoms with Gasteiger partial charge in [0.25, 0.3) is 0 Å². The highest BCUT2D eigenvalue weighted by Gasteiger charge is 2.37. The number of rotatable bonds is 6. The molecule has 0 atom stereocenters. The van der Waals surface area contributed by atoms with E-state index in [9.17, 15) is 9.59 Å². The molecule has 0 saturated heterocycles. The topological polar surface area (TPSA) is 65.0 Å². The van der Waals surface area contributed by atoms with E-state index < -0.39 is 5.97 Å². The second-order valence-electron chi connectivity index (χ2n) is 6.80. The van der Waals surface area contributed by atoms with Crippen molar-refractivity contribution < 1.29 is 19.2 Å². The van der Waals surface area contributed by atoms with Gasteiger partial charge in [0.05, 0.1) is 16.8 Å². The van der Waals surface area contributed by atoms with E-state index in [0.717, 1.165) is 0 Å². The molecule has 0 heterocycles. The molecular weight excluding hydrogens is 318 g/mol. The molecule has 0 fully saturated rings. The molecule has 0 aromatic heterocycles. The van der Waals surface area contributed by atoms with Gasteiger partial charge in [-0.25, -0.2) is 4.79 Å². The Hall–Kier alpha value is -2.43. The summed E-state index contributed by atoms with van der Waals surface area (Å²) in [4.78, 5) is 30.3. The summed E-state index contributed by atoms with van der Waals surface area (Å²) in [7, 11) is 0. The van der Waals surface area contributed by atoms with E-state index in [1.807, 2.05) is 33.8 Å². The lowest BCUT2D eigenvalue weighted by molar-refractivity contribution is -0.118. The van der Waals surface area contributed by atoms with Gasteiger partial charge in [-0.2, -0.15) is 0 Å². The van der Waals surface area contributed by atoms with Gasteiger partial charge in [0.15, 0.2) is 5.78 Å². The molecule has 2 rings (SSSR count). The summed E-state index contributed by atoms with van der Waals surface area (Å²) < 4.78 is 5.64. The number of nitrogens with zero attached hydrogens (tertiary/aromatic N) is 1. The highest BCUT2D eigenvalue weighted by molar-refractivity contribution is 6.23. The molecule has 0 aliphatic heterocycles. The standard InChI is InChI=1S/C20H25NO4/c1-5-15(21-24-6-2)18-16(22)12-20(3,4)13-17(18)25-19(23)14-10-8-7-9-11-14/h7-11H,5-6,12-13H2,1-4H3. The van der Waals surface area contributed by atoms with Crippen LogP contribution in [0, 0.1) is 5.41 Å². The fourth-order valence-electron chi connectivity index (χ4n) is 2.85. The predicted molar refractivity (Wildman–Crippen MR) is 96.3 cm³/mol. The van der Waals surface area contributed by atoms with Gasteiger partial charge in [0, 0.05) is 12.8 Å². The molecule has 0 radical (unpaired) electrons. The van der Waals surface area contributed by atoms with Crippen molar-refractivity contribution in [2.24, 2.45) is 10.6 Å². The molecule has 0 saturated carbocycles. The Balaban J connectivity index is 2.42. The van der Waals surface area contributed by atoms with Crippen LogP contribution < -0.4 is 0 Å². The largest absolute Gasteiger partial charge is 0.427 e. The maximum atomic E-state index is 12.7. The molecule has 5 nitrogen and oxygen atoms in total. The van der Waals surface area contributed by atoms with Gasteiger partial charge in [0.2, 0.25) is 0 Å². The zero-order valence-electron chi connectivity index (χ0n) is 15.3. The Labute approximate surface area is 148 Å². The molecule has 0 unspecified atom stereocenters. The summed E-state index contributed by atoms with van der Waals surface area (Å²) in [5, 5.41) is 4.06. The molecule has 1 aliphatic carbocycles. The minimum atomic E-state index is -0.467. The average molecular weight is 343 g/mol. The van der Waals surface area contributed by atoms with Crippen LogP contribution in [0.1, 0.15) is 57.3 Å². The van der Waals surface area contributed by atoms with Crippen LogP contribution in [-0.2, 0) is 14.4 Å². The van der Waals surface area contributed by atoms with Crippen molar-refractivity contribution in [1.29, 1.82) is 0 Å². The van der Waals surface area contributed by atoms with Crippen molar-refractivity contribution in [3.8, 4) is 0 Å². The van der Waals surface area contributed by atoms with E-state index in [0.29, 0.717) is 48.5 Å². The van der Waals surface area contributed by atoms with Crippen LogP contribution in [0.4, 0.5) is 0 Å². The molecule has 1 aromatic rings. The van der Waals surface area contributed by atoms with Crippen molar-refractivity contribution in [3.63, 3.8) is 0 Å². The van der Waals surface area contributed by atoms with Crippen LogP contribution in [0.2, 0.25) is 0 Å². The number of hydrogen-bond acceptors (Lipinski definition) is 5. The third-order valence-electron chi connectivity index (χ3n) is 3.99. The van der Waals surface area contributed by atoms with Gasteiger partial charge in [-0.05, 0) is 30.9 Å². The first kappa shape index (κ1) is 18.9. The summed E-state index contributed by atoms with van der Waals surface area (Å²) in [5.41, 5.74) is 1.10. The molecule has 0 N–H and O–H groups in total. The molecule has 5 heteroatoms. The van der Waals surface area contributed by atoms with Crippen LogP contribution >= 0.6 is 0 Å². The summed E-state index contributed by atoms with van der Waals surface area (Å²) in [6.07, 6.45) is 1.41. The van der Waals surface area contributed by atoms with E-state index in [2.05, 4.69) is 5.16 Å². The quantitative estimate of drug-likeness (QED) is 0.439. The number of carbonyl (C=O) groups is 2. The smallest absolute Gasteiger partial charge is 0.343 e. The number of esters is 1. The maximum absolute atomic E-state index is 12.7. The number of benzene rings is 1. The number of ether oxygens (including phenoxy) is 1. The van der Waals surface area contributed by atoms with Crippen molar-refractivity contribution in [2.75, 3.05) is 6.61 Å². The molecule has 0 bridgehead atoms. The van der Waals surface area contributed by atoms with E-state index in [-0.39, 0.29) is 11.2 Å². The fourth-order valence-corrected chi connectivity index (χ4v) is 2.85. The van der Waals surface area contributed by atoms with Gasteiger partial charge in [-0.15, -0.1) is 0 Å². The highest BCUT2D eigenvalue weighted by Crippen LogP contribution is 2.38. The lowest BCUT2D eigenvalue weighted by Gasteiger charge is -2.31. The SMILES string of the molecule is CCON=C(CC)C1=C(OC(=O)c2ccccc2)CC(C)(C)CC1=O. The Morgan fingerprint density at radius 1 is 1.16 bits per heavy atom. The van der Waals surface area contributed by atoms with E-state index in [4.69, 9.17) is 9.57 Å². The normalized spacial score (nSPS) is 17.4. The van der Waals surface area contributed by atoms with Crippen LogP contribution in [0.25, 0.3) is 0 Å². The second-order valence-corrected chi connectivity index (χ2v) is 6.80. The predicted octanol–water partition coefficient (Wildman–Crippen LogP) is 4.29. The second kappa shape index (κ2) is 8.10. The van der Waals surface area contributed by atoms with E-state index >= 15 is 0 Å². The fraction of sp³-hybridized carbons (Fsp3) is 0.450. The van der Waals surface area contributed by atoms with Gasteiger partial charge in [-0.1, -0.05) is 44.1 Å². The van der Waals surface area contributed by atoms with Crippen molar-refractivity contribution in [1.82, 2.24) is 0 Å². The summed E-state index contributed by atoms with van der Waals surface area (Å²) in [6.45, 7) is 8.12. The van der Waals surface area contributed by atoms with E-state index in [1.54, 1.807) is 24.3 Å². The Bertz CT molecular complexity index is 702. The Morgan fingerprint density at radius 2 is 1.84 bits per heavy atom. The lowest BCUT2D eigenvalue weighted by atomic mass is 9.75. The molecular formula is C20H25NO4. The van der Waals surface area contributed by atoms with Crippen molar-refractivity contribution in [2.45, 2.75) is 47.0 Å². The highest BCUT2D eigenvalue weighted by atomic mass is 16.6. The average Bonchev–Trinajstić information content (AvgIpc) is 2.57. The first-order valence-corrected chi connectivity index (χ1v) is 8.60. The van der Waals surface area contributed by atoms with Gasteiger partial charge in [-0.3, -0.25) is 4.79 Å². The number of oxime groups is 1.